The predicted molar refractivity (Wildman–Crippen MR) is 93.5 cm³/mol. The average molecular weight is 330 g/mol. The molecule has 5 heteroatoms. The summed E-state index contributed by atoms with van der Waals surface area (Å²) < 4.78 is 5.81. The Kier molecular flexibility index (Phi) is 6.55. The molecule has 0 saturated heterocycles. The number of aryl methyl sites for hydroxylation is 2. The summed E-state index contributed by atoms with van der Waals surface area (Å²) in [5, 5.41) is 12.2. The topological polar surface area (TPSA) is 75.4 Å². The van der Waals surface area contributed by atoms with E-state index in [0.717, 1.165) is 23.4 Å². The molecule has 0 radical (unpaired) electrons. The lowest BCUT2D eigenvalue weighted by atomic mass is 10.0. The van der Waals surface area contributed by atoms with Crippen molar-refractivity contribution in [3.63, 3.8) is 0 Å². The largest absolute Gasteiger partial charge is 0.440 e. The summed E-state index contributed by atoms with van der Waals surface area (Å²) in [4.78, 5) is 16.4. The first-order chi connectivity index (χ1) is 11.5. The number of aromatic nitrogens is 1. The summed E-state index contributed by atoms with van der Waals surface area (Å²) in [7, 11) is 0. The van der Waals surface area contributed by atoms with Crippen molar-refractivity contribution >= 4 is 5.91 Å². The predicted octanol–water partition coefficient (Wildman–Crippen LogP) is 3.11. The third kappa shape index (κ3) is 5.20. The van der Waals surface area contributed by atoms with E-state index in [9.17, 15) is 9.90 Å². The molecular formula is C19H26N2O3. The van der Waals surface area contributed by atoms with Crippen LogP contribution in [0.1, 0.15) is 38.3 Å². The Morgan fingerprint density at radius 3 is 2.62 bits per heavy atom. The van der Waals surface area contributed by atoms with Gasteiger partial charge in [0.2, 0.25) is 5.91 Å². The van der Waals surface area contributed by atoms with Crippen LogP contribution in [0.3, 0.4) is 0 Å². The van der Waals surface area contributed by atoms with E-state index in [2.05, 4.69) is 24.1 Å². The van der Waals surface area contributed by atoms with Gasteiger partial charge in [0.15, 0.2) is 11.7 Å². The average Bonchev–Trinajstić information content (AvgIpc) is 2.93. The zero-order valence-electron chi connectivity index (χ0n) is 14.6. The first-order valence-corrected chi connectivity index (χ1v) is 8.41. The van der Waals surface area contributed by atoms with Crippen molar-refractivity contribution in [1.82, 2.24) is 10.3 Å². The van der Waals surface area contributed by atoms with Gasteiger partial charge in [-0.3, -0.25) is 4.79 Å². The van der Waals surface area contributed by atoms with E-state index in [-0.39, 0.29) is 18.6 Å². The number of hydrogen-bond acceptors (Lipinski definition) is 4. The van der Waals surface area contributed by atoms with E-state index in [1.165, 1.54) is 0 Å². The van der Waals surface area contributed by atoms with Gasteiger partial charge < -0.3 is 14.8 Å². The third-order valence-electron chi connectivity index (χ3n) is 3.78. The van der Waals surface area contributed by atoms with E-state index >= 15 is 0 Å². The number of carbonyl (C=O) groups is 1. The number of oxazole rings is 1. The van der Waals surface area contributed by atoms with Crippen molar-refractivity contribution in [2.45, 2.75) is 46.1 Å². The van der Waals surface area contributed by atoms with Gasteiger partial charge in [-0.2, -0.15) is 0 Å². The van der Waals surface area contributed by atoms with Crippen LogP contribution in [0.15, 0.2) is 34.7 Å². The van der Waals surface area contributed by atoms with Crippen molar-refractivity contribution in [1.29, 1.82) is 0 Å². The lowest BCUT2D eigenvalue weighted by molar-refractivity contribution is -0.122. The maximum Gasteiger partial charge on any atom is 0.220 e. The summed E-state index contributed by atoms with van der Waals surface area (Å²) in [6.45, 7) is 5.99. The van der Waals surface area contributed by atoms with Crippen LogP contribution >= 0.6 is 0 Å². The summed E-state index contributed by atoms with van der Waals surface area (Å²) in [6, 6.07) is 9.62. The van der Waals surface area contributed by atoms with Gasteiger partial charge in [0.1, 0.15) is 0 Å². The zero-order valence-corrected chi connectivity index (χ0v) is 14.6. The molecule has 2 N–H and O–H groups in total. The number of amides is 1. The number of nitrogens with one attached hydrogen (secondary N) is 1. The molecule has 0 spiro atoms. The van der Waals surface area contributed by atoms with E-state index in [0.29, 0.717) is 24.7 Å². The first kappa shape index (κ1) is 18.2. The lowest BCUT2D eigenvalue weighted by Gasteiger charge is -2.17. The van der Waals surface area contributed by atoms with Crippen LogP contribution in [0.2, 0.25) is 0 Å². The number of benzene rings is 1. The molecule has 1 unspecified atom stereocenters. The van der Waals surface area contributed by atoms with Crippen LogP contribution in [-0.4, -0.2) is 28.6 Å². The molecule has 1 aromatic heterocycles. The standard InChI is InChI=1S/C19H26N2O3/c1-13(2)11-16(12-22)21-17(23)9-10-18-20-14(3)19(24-18)15-7-5-4-6-8-15/h4-8,13,16,22H,9-12H2,1-3H3,(H,21,23). The molecule has 0 aliphatic carbocycles. The van der Waals surface area contributed by atoms with Crippen LogP contribution < -0.4 is 5.32 Å². The maximum absolute atomic E-state index is 12.0. The maximum atomic E-state index is 12.0. The highest BCUT2D eigenvalue weighted by atomic mass is 16.4. The molecular weight excluding hydrogens is 304 g/mol. The second-order valence-electron chi connectivity index (χ2n) is 6.46. The fourth-order valence-corrected chi connectivity index (χ4v) is 2.69. The van der Waals surface area contributed by atoms with E-state index in [1.54, 1.807) is 0 Å². The quantitative estimate of drug-likeness (QED) is 0.780. The van der Waals surface area contributed by atoms with Crippen molar-refractivity contribution in [3.8, 4) is 11.3 Å². The molecule has 1 atom stereocenters. The van der Waals surface area contributed by atoms with Gasteiger partial charge in [0.25, 0.3) is 0 Å². The minimum absolute atomic E-state index is 0.0415. The Morgan fingerprint density at radius 2 is 2.00 bits per heavy atom. The Hall–Kier alpha value is -2.14. The van der Waals surface area contributed by atoms with Crippen molar-refractivity contribution in [2.24, 2.45) is 5.92 Å². The smallest absolute Gasteiger partial charge is 0.220 e. The van der Waals surface area contributed by atoms with Gasteiger partial charge in [-0.15, -0.1) is 0 Å². The van der Waals surface area contributed by atoms with Gasteiger partial charge in [0, 0.05) is 18.4 Å². The van der Waals surface area contributed by atoms with Crippen molar-refractivity contribution < 1.29 is 14.3 Å². The number of aliphatic hydroxyl groups excluding tert-OH is 1. The molecule has 1 amide bonds. The number of carbonyl (C=O) groups excluding carboxylic acids is 1. The Balaban J connectivity index is 1.92. The number of aliphatic hydroxyl groups is 1. The minimum Gasteiger partial charge on any atom is -0.440 e. The van der Waals surface area contributed by atoms with Crippen LogP contribution in [0.5, 0.6) is 0 Å². The normalized spacial score (nSPS) is 12.4. The van der Waals surface area contributed by atoms with Crippen molar-refractivity contribution in [2.75, 3.05) is 6.61 Å². The Bertz CT molecular complexity index is 650. The summed E-state index contributed by atoms with van der Waals surface area (Å²) >= 11 is 0. The number of rotatable bonds is 8. The van der Waals surface area contributed by atoms with Gasteiger partial charge in [-0.25, -0.2) is 4.98 Å². The van der Waals surface area contributed by atoms with E-state index < -0.39 is 0 Å². The molecule has 0 aliphatic heterocycles. The molecule has 0 aliphatic rings. The van der Waals surface area contributed by atoms with Gasteiger partial charge in [-0.1, -0.05) is 44.2 Å². The Labute approximate surface area is 143 Å². The molecule has 2 rings (SSSR count). The Morgan fingerprint density at radius 1 is 1.29 bits per heavy atom. The summed E-state index contributed by atoms with van der Waals surface area (Å²) in [5.41, 5.74) is 1.81. The van der Waals surface area contributed by atoms with Crippen LogP contribution in [-0.2, 0) is 11.2 Å². The van der Waals surface area contributed by atoms with Gasteiger partial charge in [-0.05, 0) is 19.3 Å². The van der Waals surface area contributed by atoms with E-state index in [1.807, 2.05) is 37.3 Å². The SMILES string of the molecule is Cc1nc(CCC(=O)NC(CO)CC(C)C)oc1-c1ccccc1. The first-order valence-electron chi connectivity index (χ1n) is 8.41. The fourth-order valence-electron chi connectivity index (χ4n) is 2.69. The molecule has 5 nitrogen and oxygen atoms in total. The second kappa shape index (κ2) is 8.64. The molecule has 1 aromatic carbocycles. The van der Waals surface area contributed by atoms with Crippen molar-refractivity contribution in [3.05, 3.63) is 41.9 Å². The van der Waals surface area contributed by atoms with Gasteiger partial charge >= 0.3 is 0 Å². The molecule has 24 heavy (non-hydrogen) atoms. The summed E-state index contributed by atoms with van der Waals surface area (Å²) in [6.07, 6.45) is 1.50. The molecule has 2 aromatic rings. The molecule has 0 saturated carbocycles. The number of nitrogens with zero attached hydrogens (tertiary/aromatic N) is 1. The minimum atomic E-state index is -0.191. The molecule has 130 valence electrons. The highest BCUT2D eigenvalue weighted by molar-refractivity contribution is 5.76. The van der Waals surface area contributed by atoms with Gasteiger partial charge in [0.05, 0.1) is 18.3 Å². The van der Waals surface area contributed by atoms with Crippen LogP contribution in [0.4, 0.5) is 0 Å². The third-order valence-corrected chi connectivity index (χ3v) is 3.78. The van der Waals surface area contributed by atoms with E-state index in [4.69, 9.17) is 4.42 Å². The van der Waals surface area contributed by atoms with Crippen LogP contribution in [0, 0.1) is 12.8 Å². The summed E-state index contributed by atoms with van der Waals surface area (Å²) in [5.74, 6) is 1.64. The fraction of sp³-hybridized carbons (Fsp3) is 0.474. The molecule has 0 fully saturated rings. The highest BCUT2D eigenvalue weighted by Gasteiger charge is 2.15. The molecule has 1 heterocycles. The number of hydrogen-bond donors (Lipinski definition) is 2. The zero-order chi connectivity index (χ0) is 17.5. The molecule has 0 bridgehead atoms. The monoisotopic (exact) mass is 330 g/mol. The lowest BCUT2D eigenvalue weighted by Crippen LogP contribution is -2.38. The highest BCUT2D eigenvalue weighted by Crippen LogP contribution is 2.24. The van der Waals surface area contributed by atoms with Crippen LogP contribution in [0.25, 0.3) is 11.3 Å². The second-order valence-corrected chi connectivity index (χ2v) is 6.46.